The van der Waals surface area contributed by atoms with E-state index < -0.39 is 0 Å². The van der Waals surface area contributed by atoms with Crippen LogP contribution >= 0.6 is 11.3 Å². The molecular formula is C73H55N3S. The van der Waals surface area contributed by atoms with Crippen LogP contribution in [0.25, 0.3) is 109 Å². The van der Waals surface area contributed by atoms with Gasteiger partial charge in [0.05, 0.1) is 22.6 Å². The fourth-order valence-corrected chi connectivity index (χ4v) is 12.1. The number of thiophene rings is 1. The zero-order chi connectivity index (χ0) is 51.7. The van der Waals surface area contributed by atoms with Crippen molar-refractivity contribution in [1.29, 1.82) is 0 Å². The number of hydrogen-bond acceptors (Lipinski definition) is 4. The average Bonchev–Trinajstić information content (AvgIpc) is 3.88. The first-order valence-electron chi connectivity index (χ1n) is 26.7. The van der Waals surface area contributed by atoms with Gasteiger partial charge >= 0.3 is 0 Å². The van der Waals surface area contributed by atoms with Crippen LogP contribution in [0.4, 0.5) is 0 Å². The topological polar surface area (TPSA) is 38.7 Å². The largest absolute Gasteiger partial charge is 0.256 e. The summed E-state index contributed by atoms with van der Waals surface area (Å²) in [5.74, 6) is 0. The van der Waals surface area contributed by atoms with E-state index in [1.165, 1.54) is 98.1 Å². The number of pyridine rings is 3. The van der Waals surface area contributed by atoms with Crippen LogP contribution in [0.5, 0.6) is 0 Å². The Kier molecular flexibility index (Phi) is 12.9. The smallest absolute Gasteiger partial charge is 0.0716 e. The first kappa shape index (κ1) is 47.6. The number of hydrogen-bond donors (Lipinski definition) is 0. The third-order valence-corrected chi connectivity index (χ3v) is 16.2. The lowest BCUT2D eigenvalue weighted by molar-refractivity contribution is 0.931. The van der Waals surface area contributed by atoms with E-state index in [-0.39, 0.29) is 0 Å². The van der Waals surface area contributed by atoms with E-state index in [0.29, 0.717) is 0 Å². The summed E-state index contributed by atoms with van der Waals surface area (Å²) in [5, 5.41) is 3.74. The molecule has 13 aromatic rings. The fraction of sp³-hybridized carbons (Fsp3) is 0.0822. The molecule has 0 N–H and O–H groups in total. The minimum atomic E-state index is 0.919. The highest BCUT2D eigenvalue weighted by Crippen LogP contribution is 2.44. The molecular weight excluding hydrogens is 951 g/mol. The number of para-hydroxylation sites is 1. The summed E-state index contributed by atoms with van der Waals surface area (Å²) in [6.07, 6.45) is 7.58. The van der Waals surface area contributed by atoms with Crippen molar-refractivity contribution in [1.82, 2.24) is 15.0 Å². The van der Waals surface area contributed by atoms with Crippen LogP contribution < -0.4 is 0 Å². The monoisotopic (exact) mass is 1010 g/mol. The summed E-state index contributed by atoms with van der Waals surface area (Å²) in [6.45, 7) is 4.16. The molecule has 0 saturated carbocycles. The Morgan fingerprint density at radius 2 is 0.844 bits per heavy atom. The van der Waals surface area contributed by atoms with Crippen molar-refractivity contribution in [3.8, 4) is 78.3 Å². The van der Waals surface area contributed by atoms with E-state index in [1.54, 1.807) is 0 Å². The molecule has 0 amide bonds. The lowest BCUT2D eigenvalue weighted by Gasteiger charge is -2.18. The Morgan fingerprint density at radius 1 is 0.299 bits per heavy atom. The standard InChI is InChI=1S/C73H55N3S/c1-48-20-38-68(74-46-48)55-30-26-50(27-31-55)22-24-52-40-53(25-23-51-28-32-56(33-29-51)69-39-21-49(2)47-75-69)42-59(41-52)60-14-6-7-15-61(60)62-36-35-58(43-66(62)57-34-37-65-64-17-9-11-19-72(64)77-73(65)44-57)71-45-67(54-12-4-3-5-13-54)63-16-8-10-18-70(63)76-71/h3-21,26-47H,22-25H2,1-2H3. The zero-order valence-corrected chi connectivity index (χ0v) is 44.1. The number of aryl methyl sites for hydroxylation is 6. The molecule has 0 fully saturated rings. The SMILES string of the molecule is Cc1ccc(-c2ccc(CCc3cc(CCc4ccc(-c5ccc(C)cn5)cc4)cc(-c4ccccc4-c4ccc(-c5cc(-c6ccccc6)c6ccccc6n5)cc4-c4ccc5c(c4)sc4ccccc45)c3)cc2)nc1. The number of rotatable bonds is 13. The predicted molar refractivity (Wildman–Crippen MR) is 325 cm³/mol. The zero-order valence-electron chi connectivity index (χ0n) is 43.2. The van der Waals surface area contributed by atoms with Gasteiger partial charge in [-0.25, -0.2) is 4.98 Å². The molecule has 4 heterocycles. The number of aromatic nitrogens is 3. The van der Waals surface area contributed by atoms with Crippen molar-refractivity contribution in [3.63, 3.8) is 0 Å². The van der Waals surface area contributed by atoms with Crippen LogP contribution in [-0.2, 0) is 25.7 Å². The van der Waals surface area contributed by atoms with Crippen molar-refractivity contribution in [2.45, 2.75) is 39.5 Å². The molecule has 368 valence electrons. The second kappa shape index (κ2) is 20.9. The quantitative estimate of drug-likeness (QED) is 0.116. The number of nitrogens with zero attached hydrogens (tertiary/aromatic N) is 3. The Balaban J connectivity index is 0.906. The highest BCUT2D eigenvalue weighted by atomic mass is 32.1. The van der Waals surface area contributed by atoms with E-state index in [4.69, 9.17) is 4.98 Å². The summed E-state index contributed by atoms with van der Waals surface area (Å²) in [4.78, 5) is 14.7. The highest BCUT2D eigenvalue weighted by Gasteiger charge is 2.19. The minimum absolute atomic E-state index is 0.919. The van der Waals surface area contributed by atoms with Crippen molar-refractivity contribution < 1.29 is 0 Å². The van der Waals surface area contributed by atoms with Crippen LogP contribution in [0, 0.1) is 13.8 Å². The third kappa shape index (κ3) is 10.00. The summed E-state index contributed by atoms with van der Waals surface area (Å²) >= 11 is 1.86. The molecule has 0 aliphatic carbocycles. The Morgan fingerprint density at radius 3 is 1.51 bits per heavy atom. The van der Waals surface area contributed by atoms with Crippen molar-refractivity contribution in [3.05, 3.63) is 282 Å². The summed E-state index contributed by atoms with van der Waals surface area (Å²) in [5.41, 5.74) is 24.5. The average molecular weight is 1010 g/mol. The van der Waals surface area contributed by atoms with Crippen LogP contribution in [0.3, 0.4) is 0 Å². The molecule has 9 aromatic carbocycles. The van der Waals surface area contributed by atoms with Crippen LogP contribution in [-0.4, -0.2) is 15.0 Å². The van der Waals surface area contributed by atoms with Crippen LogP contribution in [0.1, 0.15) is 33.4 Å². The van der Waals surface area contributed by atoms with Gasteiger partial charge in [-0.2, -0.15) is 0 Å². The van der Waals surface area contributed by atoms with Crippen LogP contribution in [0.2, 0.25) is 0 Å². The Bertz CT molecular complexity index is 4140. The summed E-state index contributed by atoms with van der Waals surface area (Å²) in [7, 11) is 0. The van der Waals surface area contributed by atoms with Gasteiger partial charge in [0.1, 0.15) is 0 Å². The molecule has 0 radical (unpaired) electrons. The van der Waals surface area contributed by atoms with Crippen molar-refractivity contribution in [2.24, 2.45) is 0 Å². The Labute approximate surface area is 454 Å². The molecule has 3 nitrogen and oxygen atoms in total. The van der Waals surface area contributed by atoms with E-state index >= 15 is 0 Å². The van der Waals surface area contributed by atoms with Gasteiger partial charge in [-0.1, -0.05) is 194 Å². The molecule has 0 saturated heterocycles. The molecule has 4 heteroatoms. The normalized spacial score (nSPS) is 11.5. The molecule has 13 rings (SSSR count). The molecule has 77 heavy (non-hydrogen) atoms. The van der Waals surface area contributed by atoms with Gasteiger partial charge in [-0.15, -0.1) is 11.3 Å². The summed E-state index contributed by atoms with van der Waals surface area (Å²) in [6, 6.07) is 87.1. The van der Waals surface area contributed by atoms with Gasteiger partial charge in [0, 0.05) is 54.6 Å². The van der Waals surface area contributed by atoms with E-state index in [9.17, 15) is 0 Å². The lowest BCUT2D eigenvalue weighted by atomic mass is 9.86. The molecule has 0 bridgehead atoms. The van der Waals surface area contributed by atoms with Gasteiger partial charge in [-0.05, 0) is 160 Å². The van der Waals surface area contributed by atoms with Crippen LogP contribution in [0.15, 0.2) is 249 Å². The number of fused-ring (bicyclic) bond motifs is 4. The lowest BCUT2D eigenvalue weighted by Crippen LogP contribution is -1.98. The minimum Gasteiger partial charge on any atom is -0.256 e. The van der Waals surface area contributed by atoms with E-state index in [0.717, 1.165) is 70.4 Å². The van der Waals surface area contributed by atoms with E-state index in [2.05, 4.69) is 260 Å². The maximum absolute atomic E-state index is 5.35. The van der Waals surface area contributed by atoms with Crippen molar-refractivity contribution in [2.75, 3.05) is 0 Å². The summed E-state index contributed by atoms with van der Waals surface area (Å²) < 4.78 is 2.58. The maximum Gasteiger partial charge on any atom is 0.0716 e. The third-order valence-electron chi connectivity index (χ3n) is 15.1. The second-order valence-corrected chi connectivity index (χ2v) is 21.5. The fourth-order valence-electron chi connectivity index (χ4n) is 11.0. The van der Waals surface area contributed by atoms with Gasteiger partial charge in [0.25, 0.3) is 0 Å². The van der Waals surface area contributed by atoms with Gasteiger partial charge in [-0.3, -0.25) is 9.97 Å². The molecule has 0 aliphatic rings. The van der Waals surface area contributed by atoms with Crippen molar-refractivity contribution >= 4 is 42.4 Å². The highest BCUT2D eigenvalue weighted by molar-refractivity contribution is 7.25. The first-order chi connectivity index (χ1) is 37.9. The predicted octanol–water partition coefficient (Wildman–Crippen LogP) is 19.2. The molecule has 0 atom stereocenters. The molecule has 4 aromatic heterocycles. The van der Waals surface area contributed by atoms with Gasteiger partial charge < -0.3 is 0 Å². The molecule has 0 aliphatic heterocycles. The first-order valence-corrected chi connectivity index (χ1v) is 27.5. The molecule has 0 spiro atoms. The van der Waals surface area contributed by atoms with E-state index in [1.807, 2.05) is 23.7 Å². The molecule has 0 unspecified atom stereocenters. The number of benzene rings is 9. The maximum atomic E-state index is 5.35. The van der Waals surface area contributed by atoms with Gasteiger partial charge in [0.15, 0.2) is 0 Å². The Hall–Kier alpha value is -9.09. The second-order valence-electron chi connectivity index (χ2n) is 20.4. The van der Waals surface area contributed by atoms with Gasteiger partial charge in [0.2, 0.25) is 0 Å².